The summed E-state index contributed by atoms with van der Waals surface area (Å²) in [5.41, 5.74) is 6.88. The van der Waals surface area contributed by atoms with Crippen molar-refractivity contribution in [2.75, 3.05) is 0 Å². The largest absolute Gasteiger partial charge is 0.456 e. The predicted molar refractivity (Wildman–Crippen MR) is 78.7 cm³/mol. The van der Waals surface area contributed by atoms with Gasteiger partial charge in [-0.3, -0.25) is 5.41 Å². The van der Waals surface area contributed by atoms with Gasteiger partial charge in [0, 0.05) is 10.6 Å². The van der Waals surface area contributed by atoms with Crippen molar-refractivity contribution in [1.29, 1.82) is 5.41 Å². The Morgan fingerprint density at radius 3 is 2.42 bits per heavy atom. The molecule has 3 nitrogen and oxygen atoms in total. The quantitative estimate of drug-likeness (QED) is 0.652. The van der Waals surface area contributed by atoms with E-state index in [-0.39, 0.29) is 5.84 Å². The summed E-state index contributed by atoms with van der Waals surface area (Å²) in [5, 5.41) is 8.43. The van der Waals surface area contributed by atoms with E-state index in [2.05, 4.69) is 0 Å². The Labute approximate surface area is 121 Å². The molecule has 5 heteroatoms. The SMILES string of the molecule is Cc1cc(Oc2ccc(C(=N)N)cc2Cl)ccc1Cl. The second-order valence-corrected chi connectivity index (χ2v) is 4.89. The molecule has 0 heterocycles. The number of benzene rings is 2. The number of halogens is 2. The zero-order valence-corrected chi connectivity index (χ0v) is 11.7. The standard InChI is InChI=1S/C14H12Cl2N2O/c1-8-6-10(3-4-11(8)15)19-13-5-2-9(14(17)18)7-12(13)16/h2-7H,1H3,(H3,17,18). The highest BCUT2D eigenvalue weighted by molar-refractivity contribution is 6.32. The summed E-state index contributed by atoms with van der Waals surface area (Å²) in [4.78, 5) is 0. The molecule has 2 aromatic rings. The number of nitrogens with one attached hydrogen (secondary N) is 1. The summed E-state index contributed by atoms with van der Waals surface area (Å²) in [5.74, 6) is 1.13. The maximum Gasteiger partial charge on any atom is 0.146 e. The maximum atomic E-state index is 7.34. The van der Waals surface area contributed by atoms with Crippen LogP contribution in [0.25, 0.3) is 0 Å². The lowest BCUT2D eigenvalue weighted by atomic mass is 10.2. The Morgan fingerprint density at radius 1 is 1.11 bits per heavy atom. The molecule has 0 saturated carbocycles. The summed E-state index contributed by atoms with van der Waals surface area (Å²) in [7, 11) is 0. The Kier molecular flexibility index (Phi) is 3.98. The highest BCUT2D eigenvalue weighted by atomic mass is 35.5. The van der Waals surface area contributed by atoms with Crippen LogP contribution in [0.2, 0.25) is 10.0 Å². The number of aryl methyl sites for hydroxylation is 1. The van der Waals surface area contributed by atoms with Crippen LogP contribution < -0.4 is 10.5 Å². The minimum Gasteiger partial charge on any atom is -0.456 e. The summed E-state index contributed by atoms with van der Waals surface area (Å²) in [6.07, 6.45) is 0. The van der Waals surface area contributed by atoms with Crippen LogP contribution in [0.5, 0.6) is 11.5 Å². The smallest absolute Gasteiger partial charge is 0.146 e. The lowest BCUT2D eigenvalue weighted by Crippen LogP contribution is -2.10. The van der Waals surface area contributed by atoms with E-state index in [1.54, 1.807) is 30.3 Å². The number of amidine groups is 1. The van der Waals surface area contributed by atoms with Gasteiger partial charge in [0.15, 0.2) is 0 Å². The summed E-state index contributed by atoms with van der Waals surface area (Å²) in [6.45, 7) is 1.90. The molecule has 19 heavy (non-hydrogen) atoms. The highest BCUT2D eigenvalue weighted by Gasteiger charge is 2.07. The average Bonchev–Trinajstić information content (AvgIpc) is 2.36. The molecule has 0 saturated heterocycles. The topological polar surface area (TPSA) is 59.1 Å². The van der Waals surface area contributed by atoms with Crippen LogP contribution in [0.1, 0.15) is 11.1 Å². The zero-order valence-electron chi connectivity index (χ0n) is 10.2. The van der Waals surface area contributed by atoms with E-state index < -0.39 is 0 Å². The molecule has 3 N–H and O–H groups in total. The molecular weight excluding hydrogens is 283 g/mol. The van der Waals surface area contributed by atoms with Crippen LogP contribution in [0.4, 0.5) is 0 Å². The molecule has 98 valence electrons. The molecule has 0 aromatic heterocycles. The molecule has 0 unspecified atom stereocenters. The van der Waals surface area contributed by atoms with Gasteiger partial charge in [0.25, 0.3) is 0 Å². The van der Waals surface area contributed by atoms with Gasteiger partial charge >= 0.3 is 0 Å². The fraction of sp³-hybridized carbons (Fsp3) is 0.0714. The van der Waals surface area contributed by atoms with Gasteiger partial charge in [-0.25, -0.2) is 0 Å². The summed E-state index contributed by atoms with van der Waals surface area (Å²) >= 11 is 12.0. The molecule has 0 spiro atoms. The third-order valence-corrected chi connectivity index (χ3v) is 3.32. The van der Waals surface area contributed by atoms with Crippen LogP contribution in [0, 0.1) is 12.3 Å². The van der Waals surface area contributed by atoms with Gasteiger partial charge < -0.3 is 10.5 Å². The van der Waals surface area contributed by atoms with E-state index in [9.17, 15) is 0 Å². The molecular formula is C14H12Cl2N2O. The predicted octanol–water partition coefficient (Wildman–Crippen LogP) is 4.38. The van der Waals surface area contributed by atoms with Gasteiger partial charge in [0.2, 0.25) is 0 Å². The third kappa shape index (κ3) is 3.19. The lowest BCUT2D eigenvalue weighted by molar-refractivity contribution is 0.482. The van der Waals surface area contributed by atoms with Crippen LogP contribution in [0.15, 0.2) is 36.4 Å². The van der Waals surface area contributed by atoms with Crippen molar-refractivity contribution in [3.05, 3.63) is 57.6 Å². The number of rotatable bonds is 3. The van der Waals surface area contributed by atoms with Gasteiger partial charge in [-0.05, 0) is 48.9 Å². The fourth-order valence-electron chi connectivity index (χ4n) is 1.56. The minimum absolute atomic E-state index is 0.0317. The first-order valence-electron chi connectivity index (χ1n) is 5.55. The summed E-state index contributed by atoms with van der Waals surface area (Å²) in [6, 6.07) is 10.3. The normalized spacial score (nSPS) is 10.3. The van der Waals surface area contributed by atoms with E-state index in [4.69, 9.17) is 39.1 Å². The molecule has 0 aliphatic carbocycles. The molecule has 0 fully saturated rings. The number of hydrogen-bond donors (Lipinski definition) is 2. The van der Waals surface area contributed by atoms with E-state index in [0.29, 0.717) is 27.1 Å². The van der Waals surface area contributed by atoms with Crippen LogP contribution >= 0.6 is 23.2 Å². The monoisotopic (exact) mass is 294 g/mol. The van der Waals surface area contributed by atoms with Crippen LogP contribution in [-0.4, -0.2) is 5.84 Å². The molecule has 0 aliphatic heterocycles. The lowest BCUT2D eigenvalue weighted by Gasteiger charge is -2.10. The van der Waals surface area contributed by atoms with Crippen molar-refractivity contribution in [1.82, 2.24) is 0 Å². The van der Waals surface area contributed by atoms with E-state index >= 15 is 0 Å². The Bertz CT molecular complexity index is 641. The third-order valence-electron chi connectivity index (χ3n) is 2.60. The molecule has 0 amide bonds. The van der Waals surface area contributed by atoms with Crippen molar-refractivity contribution in [3.63, 3.8) is 0 Å². The Hall–Kier alpha value is -1.71. The molecule has 2 rings (SSSR count). The minimum atomic E-state index is -0.0317. The van der Waals surface area contributed by atoms with Crippen LogP contribution in [-0.2, 0) is 0 Å². The van der Waals surface area contributed by atoms with Crippen molar-refractivity contribution >= 4 is 29.0 Å². The molecule has 0 bridgehead atoms. The Balaban J connectivity index is 2.28. The molecule has 0 radical (unpaired) electrons. The highest BCUT2D eigenvalue weighted by Crippen LogP contribution is 2.31. The zero-order chi connectivity index (χ0) is 14.0. The first-order valence-corrected chi connectivity index (χ1v) is 6.31. The van der Waals surface area contributed by atoms with Gasteiger partial charge in [0.05, 0.1) is 5.02 Å². The first kappa shape index (κ1) is 13.7. The molecule has 0 atom stereocenters. The van der Waals surface area contributed by atoms with Crippen molar-refractivity contribution in [2.45, 2.75) is 6.92 Å². The van der Waals surface area contributed by atoms with Crippen LogP contribution in [0.3, 0.4) is 0 Å². The van der Waals surface area contributed by atoms with E-state index in [1.165, 1.54) is 0 Å². The van der Waals surface area contributed by atoms with Crippen molar-refractivity contribution in [3.8, 4) is 11.5 Å². The van der Waals surface area contributed by atoms with Crippen molar-refractivity contribution in [2.24, 2.45) is 5.73 Å². The molecule has 2 aromatic carbocycles. The average molecular weight is 295 g/mol. The van der Waals surface area contributed by atoms with E-state index in [0.717, 1.165) is 5.56 Å². The second-order valence-electron chi connectivity index (χ2n) is 4.07. The van der Waals surface area contributed by atoms with E-state index in [1.807, 2.05) is 13.0 Å². The number of ether oxygens (including phenoxy) is 1. The van der Waals surface area contributed by atoms with Gasteiger partial charge in [-0.15, -0.1) is 0 Å². The second kappa shape index (κ2) is 5.51. The number of nitrogens with two attached hydrogens (primary N) is 1. The van der Waals surface area contributed by atoms with Gasteiger partial charge in [-0.2, -0.15) is 0 Å². The Morgan fingerprint density at radius 2 is 1.84 bits per heavy atom. The molecule has 0 aliphatic rings. The van der Waals surface area contributed by atoms with Gasteiger partial charge in [-0.1, -0.05) is 23.2 Å². The van der Waals surface area contributed by atoms with Gasteiger partial charge in [0.1, 0.15) is 17.3 Å². The maximum absolute atomic E-state index is 7.34. The summed E-state index contributed by atoms with van der Waals surface area (Å²) < 4.78 is 5.68. The first-order chi connectivity index (χ1) is 8.97. The number of nitrogen functional groups attached to an aromatic ring is 1. The fourth-order valence-corrected chi connectivity index (χ4v) is 1.90. The number of hydrogen-bond acceptors (Lipinski definition) is 2. The van der Waals surface area contributed by atoms with Crippen molar-refractivity contribution < 1.29 is 4.74 Å².